The van der Waals surface area contributed by atoms with Crippen molar-refractivity contribution in [1.82, 2.24) is 0 Å². The summed E-state index contributed by atoms with van der Waals surface area (Å²) < 4.78 is 0.101. The number of carbonyl (C=O) groups excluding carboxylic acids is 1. The van der Waals surface area contributed by atoms with E-state index in [1.54, 1.807) is 12.4 Å². The first-order valence-electron chi connectivity index (χ1n) is 11.8. The van der Waals surface area contributed by atoms with E-state index in [1.165, 1.54) is 64.2 Å². The molecule has 0 aliphatic carbocycles. The van der Waals surface area contributed by atoms with Crippen LogP contribution < -0.4 is 10.8 Å². The van der Waals surface area contributed by atoms with Crippen molar-refractivity contribution in [3.8, 4) is 0 Å². The van der Waals surface area contributed by atoms with Crippen LogP contribution in [0.5, 0.6) is 0 Å². The summed E-state index contributed by atoms with van der Waals surface area (Å²) in [6, 6.07) is 0. The third kappa shape index (κ3) is 10.2. The molecule has 2 atom stereocenters. The first kappa shape index (κ1) is 25.6. The molecule has 0 saturated heterocycles. The summed E-state index contributed by atoms with van der Waals surface area (Å²) >= 11 is 0. The Kier molecular flexibility index (Phi) is 13.6. The van der Waals surface area contributed by atoms with Gasteiger partial charge in [0.1, 0.15) is 18.9 Å². The van der Waals surface area contributed by atoms with Crippen LogP contribution in [0, 0.1) is 0 Å². The largest absolute Gasteiger partial charge is 0.544 e. The molecule has 0 bridgehead atoms. The van der Waals surface area contributed by atoms with Gasteiger partial charge in [-0.2, -0.15) is 0 Å². The SMILES string of the molecule is CCCCCCCCC/C=C/CCCCCCC1=NC=C[N+]1(CC(=O)[O-])C(C)N. The lowest BCUT2D eigenvalue weighted by molar-refractivity contribution is -0.808. The molecule has 2 unspecified atom stereocenters. The smallest absolute Gasteiger partial charge is 0.209 e. The normalized spacial score (nSPS) is 19.8. The van der Waals surface area contributed by atoms with Gasteiger partial charge in [-0.25, -0.2) is 9.48 Å². The van der Waals surface area contributed by atoms with E-state index in [9.17, 15) is 9.90 Å². The standard InChI is InChI=1S/C24H43N3O2/c1-3-4-5-6-7-8-9-10-11-12-13-14-15-16-17-18-23-26-19-20-27(23,22(2)25)21-24(28)29/h11-12,19-20,22H,3-10,13-18,21,25H2,1-2H3/b12-11+. The number of hydrogen-bond donors (Lipinski definition) is 1. The highest BCUT2D eigenvalue weighted by atomic mass is 16.4. The summed E-state index contributed by atoms with van der Waals surface area (Å²) in [5.41, 5.74) is 6.07. The van der Waals surface area contributed by atoms with Crippen LogP contribution in [0.2, 0.25) is 0 Å². The highest BCUT2D eigenvalue weighted by Gasteiger charge is 2.38. The van der Waals surface area contributed by atoms with Crippen molar-refractivity contribution in [2.75, 3.05) is 6.54 Å². The molecule has 1 aliphatic rings. The summed E-state index contributed by atoms with van der Waals surface area (Å²) in [4.78, 5) is 15.5. The van der Waals surface area contributed by atoms with Crippen molar-refractivity contribution in [1.29, 1.82) is 0 Å². The Morgan fingerprint density at radius 1 is 1.03 bits per heavy atom. The molecule has 0 spiro atoms. The van der Waals surface area contributed by atoms with Gasteiger partial charge in [-0.15, -0.1) is 0 Å². The number of carboxylic acids is 1. The summed E-state index contributed by atoms with van der Waals surface area (Å²) in [7, 11) is 0. The minimum Gasteiger partial charge on any atom is -0.544 e. The predicted octanol–water partition coefficient (Wildman–Crippen LogP) is 4.78. The van der Waals surface area contributed by atoms with E-state index in [4.69, 9.17) is 5.73 Å². The predicted molar refractivity (Wildman–Crippen MR) is 120 cm³/mol. The average molecular weight is 406 g/mol. The molecule has 1 heterocycles. The molecule has 2 N–H and O–H groups in total. The van der Waals surface area contributed by atoms with E-state index in [0.29, 0.717) is 0 Å². The van der Waals surface area contributed by atoms with E-state index in [2.05, 4.69) is 24.1 Å². The zero-order chi connectivity index (χ0) is 21.4. The maximum atomic E-state index is 11.1. The van der Waals surface area contributed by atoms with Gasteiger partial charge in [0.05, 0.1) is 12.2 Å². The first-order valence-corrected chi connectivity index (χ1v) is 11.8. The molecule has 1 aliphatic heterocycles. The lowest BCUT2D eigenvalue weighted by Crippen LogP contribution is -2.60. The Bertz CT molecular complexity index is 540. The monoisotopic (exact) mass is 405 g/mol. The number of quaternary nitrogens is 1. The van der Waals surface area contributed by atoms with Crippen molar-refractivity contribution >= 4 is 11.8 Å². The lowest BCUT2D eigenvalue weighted by Gasteiger charge is -2.36. The fraction of sp³-hybridized carbons (Fsp3) is 0.750. The fourth-order valence-electron chi connectivity index (χ4n) is 3.93. The van der Waals surface area contributed by atoms with E-state index in [-0.39, 0.29) is 17.2 Å². The number of hydrogen-bond acceptors (Lipinski definition) is 4. The van der Waals surface area contributed by atoms with Gasteiger partial charge < -0.3 is 9.90 Å². The maximum absolute atomic E-state index is 11.1. The third-order valence-electron chi connectivity index (χ3n) is 5.82. The Morgan fingerprint density at radius 3 is 2.14 bits per heavy atom. The molecule has 0 fully saturated rings. The number of aliphatic imine (C=N–C) groups is 1. The van der Waals surface area contributed by atoms with E-state index >= 15 is 0 Å². The van der Waals surface area contributed by atoms with Crippen LogP contribution in [-0.2, 0) is 4.79 Å². The minimum absolute atomic E-state index is 0.101. The van der Waals surface area contributed by atoms with E-state index in [0.717, 1.165) is 31.5 Å². The third-order valence-corrected chi connectivity index (χ3v) is 5.82. The van der Waals surface area contributed by atoms with Gasteiger partial charge in [0.15, 0.2) is 0 Å². The fourth-order valence-corrected chi connectivity index (χ4v) is 3.93. The van der Waals surface area contributed by atoms with Gasteiger partial charge in [-0.05, 0) is 32.1 Å². The molecule has 5 nitrogen and oxygen atoms in total. The number of amidine groups is 1. The molecule has 0 radical (unpaired) electrons. The summed E-state index contributed by atoms with van der Waals surface area (Å²) in [6.45, 7) is 3.95. The first-order chi connectivity index (χ1) is 14.0. The molecule has 0 aromatic carbocycles. The van der Waals surface area contributed by atoms with Gasteiger partial charge in [0.2, 0.25) is 5.84 Å². The Hall–Kier alpha value is -1.46. The van der Waals surface area contributed by atoms with Crippen molar-refractivity contribution in [2.24, 2.45) is 10.7 Å². The zero-order valence-electron chi connectivity index (χ0n) is 18.8. The Balaban J connectivity index is 2.06. The van der Waals surface area contributed by atoms with Crippen LogP contribution in [0.3, 0.4) is 0 Å². The molecule has 1 rings (SSSR count). The minimum atomic E-state index is -1.09. The lowest BCUT2D eigenvalue weighted by atomic mass is 10.1. The maximum Gasteiger partial charge on any atom is 0.209 e. The van der Waals surface area contributed by atoms with Gasteiger partial charge in [-0.3, -0.25) is 5.73 Å². The highest BCUT2D eigenvalue weighted by molar-refractivity contribution is 5.81. The second-order valence-electron chi connectivity index (χ2n) is 8.38. The molecule has 166 valence electrons. The molecule has 5 heteroatoms. The van der Waals surface area contributed by atoms with Crippen LogP contribution in [-0.4, -0.2) is 29.0 Å². The van der Waals surface area contributed by atoms with Gasteiger partial charge in [0.25, 0.3) is 0 Å². The quantitative estimate of drug-likeness (QED) is 0.202. The van der Waals surface area contributed by atoms with E-state index in [1.807, 2.05) is 6.92 Å². The van der Waals surface area contributed by atoms with Gasteiger partial charge in [0, 0.05) is 13.3 Å². The van der Waals surface area contributed by atoms with Crippen LogP contribution >= 0.6 is 0 Å². The van der Waals surface area contributed by atoms with Crippen LogP contribution in [0.25, 0.3) is 0 Å². The number of carbonyl (C=O) groups is 1. The molecule has 0 aromatic rings. The number of allylic oxidation sites excluding steroid dienone is 2. The van der Waals surface area contributed by atoms with Crippen molar-refractivity contribution < 1.29 is 14.4 Å². The summed E-state index contributed by atoms with van der Waals surface area (Å²) in [5, 5.41) is 11.1. The average Bonchev–Trinajstić information content (AvgIpc) is 3.08. The van der Waals surface area contributed by atoms with Gasteiger partial charge >= 0.3 is 0 Å². The second kappa shape index (κ2) is 15.4. The number of unbranched alkanes of at least 4 members (excludes halogenated alkanes) is 11. The molecule has 29 heavy (non-hydrogen) atoms. The Morgan fingerprint density at radius 2 is 1.59 bits per heavy atom. The van der Waals surface area contributed by atoms with Crippen molar-refractivity contribution in [3.05, 3.63) is 24.6 Å². The summed E-state index contributed by atoms with van der Waals surface area (Å²) in [5.74, 6) is -0.247. The molecule has 0 saturated carbocycles. The van der Waals surface area contributed by atoms with Crippen LogP contribution in [0.4, 0.5) is 0 Å². The van der Waals surface area contributed by atoms with E-state index < -0.39 is 5.97 Å². The molecule has 0 aromatic heterocycles. The number of nitrogens with two attached hydrogens (primary N) is 1. The van der Waals surface area contributed by atoms with Crippen LogP contribution in [0.1, 0.15) is 104 Å². The number of nitrogens with zero attached hydrogens (tertiary/aromatic N) is 2. The number of carboxylic acid groups (broad SMARTS) is 1. The van der Waals surface area contributed by atoms with Crippen molar-refractivity contribution in [2.45, 2.75) is 110 Å². The molecular weight excluding hydrogens is 362 g/mol. The molecule has 0 amide bonds. The van der Waals surface area contributed by atoms with Crippen molar-refractivity contribution in [3.63, 3.8) is 0 Å². The topological polar surface area (TPSA) is 78.5 Å². The van der Waals surface area contributed by atoms with Crippen LogP contribution in [0.15, 0.2) is 29.5 Å². The number of aliphatic carboxylic acids is 1. The Labute approximate surface area is 178 Å². The zero-order valence-corrected chi connectivity index (χ0v) is 18.8. The van der Waals surface area contributed by atoms with Gasteiger partial charge in [-0.1, -0.05) is 70.4 Å². The summed E-state index contributed by atoms with van der Waals surface area (Å²) in [6.07, 6.45) is 25.1. The number of rotatable bonds is 18. The second-order valence-corrected chi connectivity index (χ2v) is 8.38. The molecular formula is C24H43N3O2. The highest BCUT2D eigenvalue weighted by Crippen LogP contribution is 2.23.